The van der Waals surface area contributed by atoms with Crippen LogP contribution < -0.4 is 5.32 Å². The molecule has 0 fully saturated rings. The van der Waals surface area contributed by atoms with Gasteiger partial charge in [0, 0.05) is 5.56 Å². The van der Waals surface area contributed by atoms with Gasteiger partial charge >= 0.3 is 0 Å². The summed E-state index contributed by atoms with van der Waals surface area (Å²) in [5, 5.41) is 13.0. The van der Waals surface area contributed by atoms with Crippen LogP contribution in [0, 0.1) is 0 Å². The summed E-state index contributed by atoms with van der Waals surface area (Å²) in [5.41, 5.74) is 0.513. The largest absolute Gasteiger partial charge is 0.394 e. The van der Waals surface area contributed by atoms with E-state index >= 15 is 0 Å². The van der Waals surface area contributed by atoms with E-state index in [1.54, 1.807) is 0 Å². The van der Waals surface area contributed by atoms with Crippen molar-refractivity contribution in [3.05, 3.63) is 17.0 Å². The molecule has 4 nitrogen and oxygen atoms in total. The average molecular weight is 244 g/mol. The molecule has 0 radical (unpaired) electrons. The molecular weight excluding hydrogens is 226 g/mol. The molecule has 0 aliphatic carbocycles. The van der Waals surface area contributed by atoms with Crippen molar-refractivity contribution in [2.24, 2.45) is 0 Å². The summed E-state index contributed by atoms with van der Waals surface area (Å²) >= 11 is 5.99. The zero-order valence-corrected chi connectivity index (χ0v) is 10.7. The van der Waals surface area contributed by atoms with Crippen molar-refractivity contribution in [2.75, 3.05) is 11.9 Å². The lowest BCUT2D eigenvalue weighted by Gasteiger charge is -2.28. The number of aliphatic hydroxyl groups excluding tert-OH is 1. The Kier molecular flexibility index (Phi) is 4.50. The number of aliphatic hydroxyl groups is 1. The molecule has 1 heterocycles. The number of nitrogens with one attached hydrogen (secondary N) is 1. The first-order valence-corrected chi connectivity index (χ1v) is 5.82. The van der Waals surface area contributed by atoms with Crippen LogP contribution >= 0.6 is 11.6 Å². The quantitative estimate of drug-likeness (QED) is 0.779. The van der Waals surface area contributed by atoms with Gasteiger partial charge in [-0.05, 0) is 19.8 Å². The molecule has 0 saturated heterocycles. The van der Waals surface area contributed by atoms with E-state index in [1.807, 2.05) is 20.8 Å². The predicted molar refractivity (Wildman–Crippen MR) is 65.8 cm³/mol. The van der Waals surface area contributed by atoms with Crippen LogP contribution in [0.4, 0.5) is 5.82 Å². The maximum Gasteiger partial charge on any atom is 0.137 e. The number of aromatic nitrogens is 2. The molecule has 0 spiro atoms. The minimum absolute atomic E-state index is 0.0499. The third-order valence-electron chi connectivity index (χ3n) is 2.80. The van der Waals surface area contributed by atoms with Crippen LogP contribution in [0.5, 0.6) is 0 Å². The molecule has 1 atom stereocenters. The van der Waals surface area contributed by atoms with Crippen LogP contribution in [0.3, 0.4) is 0 Å². The molecule has 90 valence electrons. The maximum absolute atomic E-state index is 9.34. The fourth-order valence-electron chi connectivity index (χ4n) is 1.34. The fraction of sp³-hybridized carbons (Fsp3) is 0.636. The van der Waals surface area contributed by atoms with Gasteiger partial charge in [-0.25, -0.2) is 9.97 Å². The number of anilines is 1. The van der Waals surface area contributed by atoms with Crippen molar-refractivity contribution in [2.45, 2.75) is 39.2 Å². The summed E-state index contributed by atoms with van der Waals surface area (Å²) in [4.78, 5) is 8.12. The standard InChI is InChI=1S/C11H18ClN3O/c1-4-8-9(12)13-7-14-10(8)15-11(3,5-2)6-16/h7,16H,4-6H2,1-3H3,(H,13,14,15). The Labute approximate surface area is 101 Å². The molecule has 1 unspecified atom stereocenters. The van der Waals surface area contributed by atoms with Crippen molar-refractivity contribution < 1.29 is 5.11 Å². The minimum atomic E-state index is -0.373. The summed E-state index contributed by atoms with van der Waals surface area (Å²) in [6, 6.07) is 0. The monoisotopic (exact) mass is 243 g/mol. The van der Waals surface area contributed by atoms with Gasteiger partial charge in [0.1, 0.15) is 17.3 Å². The normalized spacial score (nSPS) is 14.6. The van der Waals surface area contributed by atoms with Crippen LogP contribution in [0.25, 0.3) is 0 Å². The van der Waals surface area contributed by atoms with E-state index in [9.17, 15) is 5.11 Å². The molecule has 16 heavy (non-hydrogen) atoms. The highest BCUT2D eigenvalue weighted by atomic mass is 35.5. The minimum Gasteiger partial charge on any atom is -0.394 e. The number of rotatable bonds is 5. The van der Waals surface area contributed by atoms with Gasteiger partial charge in [0.2, 0.25) is 0 Å². The second kappa shape index (κ2) is 5.46. The Morgan fingerprint density at radius 3 is 2.62 bits per heavy atom. The van der Waals surface area contributed by atoms with Gasteiger partial charge < -0.3 is 10.4 Å². The highest BCUT2D eigenvalue weighted by molar-refractivity contribution is 6.30. The second-order valence-corrected chi connectivity index (χ2v) is 4.40. The highest BCUT2D eigenvalue weighted by Gasteiger charge is 2.22. The first kappa shape index (κ1) is 13.2. The van der Waals surface area contributed by atoms with E-state index in [0.717, 1.165) is 18.4 Å². The number of hydrogen-bond donors (Lipinski definition) is 2. The Morgan fingerprint density at radius 1 is 1.44 bits per heavy atom. The maximum atomic E-state index is 9.34. The van der Waals surface area contributed by atoms with Crippen molar-refractivity contribution in [1.29, 1.82) is 0 Å². The lowest BCUT2D eigenvalue weighted by Crippen LogP contribution is -2.38. The van der Waals surface area contributed by atoms with Crippen molar-refractivity contribution >= 4 is 17.4 Å². The molecule has 0 saturated carbocycles. The molecule has 0 aromatic carbocycles. The zero-order valence-electron chi connectivity index (χ0n) is 9.92. The lowest BCUT2D eigenvalue weighted by molar-refractivity contribution is 0.218. The molecule has 5 heteroatoms. The van der Waals surface area contributed by atoms with Gasteiger partial charge in [-0.1, -0.05) is 25.4 Å². The van der Waals surface area contributed by atoms with Gasteiger partial charge in [0.15, 0.2) is 0 Å². The van der Waals surface area contributed by atoms with Crippen molar-refractivity contribution in [3.8, 4) is 0 Å². The van der Waals surface area contributed by atoms with Crippen molar-refractivity contribution in [3.63, 3.8) is 0 Å². The van der Waals surface area contributed by atoms with Gasteiger partial charge in [0.25, 0.3) is 0 Å². The Hall–Kier alpha value is -0.870. The Bertz CT molecular complexity index is 353. The van der Waals surface area contributed by atoms with E-state index in [-0.39, 0.29) is 12.1 Å². The SMILES string of the molecule is CCc1c(Cl)ncnc1NC(C)(CC)CO. The van der Waals surface area contributed by atoms with Gasteiger partial charge in [-0.15, -0.1) is 0 Å². The molecule has 0 aliphatic rings. The number of hydrogen-bond acceptors (Lipinski definition) is 4. The first-order valence-electron chi connectivity index (χ1n) is 5.44. The third kappa shape index (κ3) is 2.83. The highest BCUT2D eigenvalue weighted by Crippen LogP contribution is 2.24. The summed E-state index contributed by atoms with van der Waals surface area (Å²) in [6.45, 7) is 6.01. The van der Waals surface area contributed by atoms with E-state index in [4.69, 9.17) is 11.6 Å². The summed E-state index contributed by atoms with van der Waals surface area (Å²) < 4.78 is 0. The van der Waals surface area contributed by atoms with Gasteiger partial charge in [-0.2, -0.15) is 0 Å². The van der Waals surface area contributed by atoms with Crippen LogP contribution in [0.2, 0.25) is 5.15 Å². The molecule has 0 aliphatic heterocycles. The first-order chi connectivity index (χ1) is 7.56. The van der Waals surface area contributed by atoms with Crippen LogP contribution in [0.1, 0.15) is 32.8 Å². The zero-order chi connectivity index (χ0) is 12.2. The van der Waals surface area contributed by atoms with Crippen LogP contribution in [-0.4, -0.2) is 27.2 Å². The molecular formula is C11H18ClN3O. The topological polar surface area (TPSA) is 58.0 Å². The van der Waals surface area contributed by atoms with E-state index in [1.165, 1.54) is 6.33 Å². The molecule has 0 bridgehead atoms. The smallest absolute Gasteiger partial charge is 0.137 e. The average Bonchev–Trinajstić information content (AvgIpc) is 2.29. The Balaban J connectivity index is 3.01. The van der Waals surface area contributed by atoms with Crippen LogP contribution in [0.15, 0.2) is 6.33 Å². The van der Waals surface area contributed by atoms with Crippen molar-refractivity contribution in [1.82, 2.24) is 9.97 Å². The molecule has 1 aromatic rings. The van der Waals surface area contributed by atoms with E-state index in [2.05, 4.69) is 15.3 Å². The third-order valence-corrected chi connectivity index (χ3v) is 3.12. The van der Waals surface area contributed by atoms with Crippen LogP contribution in [-0.2, 0) is 6.42 Å². The molecule has 2 N–H and O–H groups in total. The summed E-state index contributed by atoms with van der Waals surface area (Å²) in [7, 11) is 0. The molecule has 1 rings (SSSR count). The van der Waals surface area contributed by atoms with E-state index in [0.29, 0.717) is 11.0 Å². The van der Waals surface area contributed by atoms with E-state index < -0.39 is 0 Å². The van der Waals surface area contributed by atoms with Gasteiger partial charge in [0.05, 0.1) is 12.1 Å². The predicted octanol–water partition coefficient (Wildman–Crippen LogP) is 2.27. The summed E-state index contributed by atoms with van der Waals surface area (Å²) in [5.74, 6) is 0.709. The second-order valence-electron chi connectivity index (χ2n) is 4.04. The number of nitrogens with zero attached hydrogens (tertiary/aromatic N) is 2. The number of halogens is 1. The molecule has 0 amide bonds. The fourth-order valence-corrected chi connectivity index (χ4v) is 1.60. The summed E-state index contributed by atoms with van der Waals surface area (Å²) in [6.07, 6.45) is 2.98. The Morgan fingerprint density at radius 2 is 2.12 bits per heavy atom. The lowest BCUT2D eigenvalue weighted by atomic mass is 10.00. The molecule has 1 aromatic heterocycles. The van der Waals surface area contributed by atoms with Gasteiger partial charge in [-0.3, -0.25) is 0 Å².